The third kappa shape index (κ3) is 5.35. The van der Waals surface area contributed by atoms with Crippen LogP contribution in [0.15, 0.2) is 102 Å². The van der Waals surface area contributed by atoms with Crippen molar-refractivity contribution in [1.29, 1.82) is 0 Å². The van der Waals surface area contributed by atoms with Crippen molar-refractivity contribution in [3.05, 3.63) is 120 Å². The van der Waals surface area contributed by atoms with E-state index in [1.807, 2.05) is 91.0 Å². The van der Waals surface area contributed by atoms with Gasteiger partial charge in [0.2, 0.25) is 0 Å². The molecule has 0 saturated heterocycles. The van der Waals surface area contributed by atoms with Gasteiger partial charge in [-0.25, -0.2) is 0 Å². The van der Waals surface area contributed by atoms with Gasteiger partial charge in [0.05, 0.1) is 12.9 Å². The van der Waals surface area contributed by atoms with Gasteiger partial charge in [-0.1, -0.05) is 60.7 Å². The van der Waals surface area contributed by atoms with Crippen molar-refractivity contribution in [2.75, 3.05) is 0 Å². The SMILES string of the molecule is OC(OCc1cccc(Oc2ccccc2)c1)c1coc(Cc2ccccc2)c1. The summed E-state index contributed by atoms with van der Waals surface area (Å²) < 4.78 is 17.0. The lowest BCUT2D eigenvalue weighted by molar-refractivity contribution is -0.112. The maximum atomic E-state index is 10.4. The van der Waals surface area contributed by atoms with Gasteiger partial charge in [-0.2, -0.15) is 0 Å². The highest BCUT2D eigenvalue weighted by atomic mass is 16.6. The highest BCUT2D eigenvalue weighted by Crippen LogP contribution is 2.24. The van der Waals surface area contributed by atoms with Gasteiger partial charge < -0.3 is 19.0 Å². The van der Waals surface area contributed by atoms with E-state index in [1.165, 1.54) is 6.26 Å². The molecule has 1 unspecified atom stereocenters. The molecule has 4 heteroatoms. The van der Waals surface area contributed by atoms with E-state index >= 15 is 0 Å². The lowest BCUT2D eigenvalue weighted by atomic mass is 10.1. The molecule has 29 heavy (non-hydrogen) atoms. The first kappa shape index (κ1) is 19.0. The third-order valence-corrected chi connectivity index (χ3v) is 4.47. The molecule has 1 atom stereocenters. The molecule has 1 aromatic heterocycles. The van der Waals surface area contributed by atoms with Crippen LogP contribution in [0.5, 0.6) is 11.5 Å². The molecule has 3 aromatic carbocycles. The number of hydrogen-bond donors (Lipinski definition) is 1. The molecule has 1 heterocycles. The van der Waals surface area contributed by atoms with E-state index in [0.29, 0.717) is 12.0 Å². The van der Waals surface area contributed by atoms with Crippen molar-refractivity contribution < 1.29 is 19.0 Å². The zero-order valence-corrected chi connectivity index (χ0v) is 15.9. The van der Waals surface area contributed by atoms with E-state index in [2.05, 4.69) is 0 Å². The molecule has 4 aromatic rings. The molecule has 4 rings (SSSR count). The molecule has 0 bridgehead atoms. The van der Waals surface area contributed by atoms with Crippen molar-refractivity contribution in [3.63, 3.8) is 0 Å². The van der Waals surface area contributed by atoms with Gasteiger partial charge in [0.25, 0.3) is 0 Å². The number of hydrogen-bond acceptors (Lipinski definition) is 4. The van der Waals surface area contributed by atoms with Gasteiger partial charge in [-0.3, -0.25) is 0 Å². The Balaban J connectivity index is 1.34. The highest BCUT2D eigenvalue weighted by Gasteiger charge is 2.13. The first-order chi connectivity index (χ1) is 14.3. The summed E-state index contributed by atoms with van der Waals surface area (Å²) in [6, 6.07) is 29.1. The summed E-state index contributed by atoms with van der Waals surface area (Å²) >= 11 is 0. The summed E-state index contributed by atoms with van der Waals surface area (Å²) in [5.41, 5.74) is 2.66. The number of benzene rings is 3. The quantitative estimate of drug-likeness (QED) is 0.385. The van der Waals surface area contributed by atoms with Crippen LogP contribution >= 0.6 is 0 Å². The Morgan fingerprint density at radius 3 is 2.24 bits per heavy atom. The van der Waals surface area contributed by atoms with Crippen molar-refractivity contribution in [2.45, 2.75) is 19.3 Å². The fraction of sp³-hybridized carbons (Fsp3) is 0.120. The number of rotatable bonds is 8. The van der Waals surface area contributed by atoms with Crippen LogP contribution in [0.3, 0.4) is 0 Å². The zero-order valence-electron chi connectivity index (χ0n) is 15.9. The second kappa shape index (κ2) is 9.24. The van der Waals surface area contributed by atoms with Crippen LogP contribution in [0.25, 0.3) is 0 Å². The topological polar surface area (TPSA) is 51.8 Å². The number of ether oxygens (including phenoxy) is 2. The van der Waals surface area contributed by atoms with Gasteiger partial charge in [-0.05, 0) is 41.5 Å². The molecule has 1 N–H and O–H groups in total. The minimum atomic E-state index is -1.05. The molecule has 0 fully saturated rings. The lowest BCUT2D eigenvalue weighted by Gasteiger charge is -2.11. The maximum Gasteiger partial charge on any atom is 0.184 e. The van der Waals surface area contributed by atoms with Gasteiger partial charge in [0.15, 0.2) is 6.29 Å². The van der Waals surface area contributed by atoms with Crippen LogP contribution in [0.2, 0.25) is 0 Å². The minimum absolute atomic E-state index is 0.256. The standard InChI is InChI=1S/C25H22O4/c26-25(21-16-24(27-18-21)14-19-8-3-1-4-9-19)28-17-20-10-7-13-23(15-20)29-22-11-5-2-6-12-22/h1-13,15-16,18,25-26H,14,17H2. The highest BCUT2D eigenvalue weighted by molar-refractivity contribution is 5.33. The molecule has 4 nitrogen and oxygen atoms in total. The van der Waals surface area contributed by atoms with Crippen LogP contribution in [0, 0.1) is 0 Å². The molecule has 0 spiro atoms. The number of furan rings is 1. The molecular formula is C25H22O4. The second-order valence-electron chi connectivity index (χ2n) is 6.73. The molecule has 0 aliphatic rings. The molecule has 0 aliphatic carbocycles. The predicted molar refractivity (Wildman–Crippen MR) is 111 cm³/mol. The summed E-state index contributed by atoms with van der Waals surface area (Å²) in [5.74, 6) is 2.28. The largest absolute Gasteiger partial charge is 0.469 e. The molecule has 0 aliphatic heterocycles. The van der Waals surface area contributed by atoms with Crippen LogP contribution in [-0.4, -0.2) is 5.11 Å². The van der Waals surface area contributed by atoms with E-state index < -0.39 is 6.29 Å². The van der Waals surface area contributed by atoms with Gasteiger partial charge in [0, 0.05) is 12.0 Å². The smallest absolute Gasteiger partial charge is 0.184 e. The summed E-state index contributed by atoms with van der Waals surface area (Å²) in [6.45, 7) is 0.256. The predicted octanol–water partition coefficient (Wildman–Crippen LogP) is 5.87. The summed E-state index contributed by atoms with van der Waals surface area (Å²) in [6.07, 6.45) is 1.16. The fourth-order valence-electron chi connectivity index (χ4n) is 3.01. The van der Waals surface area contributed by atoms with E-state index in [9.17, 15) is 5.11 Å². The molecular weight excluding hydrogens is 364 g/mol. The maximum absolute atomic E-state index is 10.4. The molecule has 0 amide bonds. The number of aliphatic hydroxyl groups is 1. The van der Waals surface area contributed by atoms with Gasteiger partial charge in [-0.15, -0.1) is 0 Å². The van der Waals surface area contributed by atoms with Crippen LogP contribution < -0.4 is 4.74 Å². The fourth-order valence-corrected chi connectivity index (χ4v) is 3.01. The normalized spacial score (nSPS) is 11.9. The Bertz CT molecular complexity index is 1020. The first-order valence-corrected chi connectivity index (χ1v) is 9.49. The molecule has 0 saturated carbocycles. The Morgan fingerprint density at radius 1 is 0.759 bits per heavy atom. The van der Waals surface area contributed by atoms with Gasteiger partial charge >= 0.3 is 0 Å². The average Bonchev–Trinajstić information content (AvgIpc) is 3.22. The Morgan fingerprint density at radius 2 is 1.45 bits per heavy atom. The van der Waals surface area contributed by atoms with Crippen molar-refractivity contribution >= 4 is 0 Å². The minimum Gasteiger partial charge on any atom is -0.469 e. The Hall–Kier alpha value is -3.34. The Labute approximate surface area is 170 Å². The number of para-hydroxylation sites is 1. The molecule has 0 radical (unpaired) electrons. The lowest BCUT2D eigenvalue weighted by Crippen LogP contribution is -2.02. The van der Waals surface area contributed by atoms with Gasteiger partial charge in [0.1, 0.15) is 17.3 Å². The second-order valence-corrected chi connectivity index (χ2v) is 6.73. The van der Waals surface area contributed by atoms with E-state index in [-0.39, 0.29) is 6.61 Å². The van der Waals surface area contributed by atoms with Crippen LogP contribution in [-0.2, 0) is 17.8 Å². The summed E-state index contributed by atoms with van der Waals surface area (Å²) in [4.78, 5) is 0. The van der Waals surface area contributed by atoms with Crippen molar-refractivity contribution in [3.8, 4) is 11.5 Å². The average molecular weight is 386 g/mol. The summed E-state index contributed by atoms with van der Waals surface area (Å²) in [7, 11) is 0. The van der Waals surface area contributed by atoms with Crippen LogP contribution in [0.1, 0.15) is 28.7 Å². The third-order valence-electron chi connectivity index (χ3n) is 4.47. The van der Waals surface area contributed by atoms with E-state index in [1.54, 1.807) is 0 Å². The zero-order chi connectivity index (χ0) is 19.9. The monoisotopic (exact) mass is 386 g/mol. The van der Waals surface area contributed by atoms with E-state index in [0.717, 1.165) is 28.4 Å². The summed E-state index contributed by atoms with van der Waals surface area (Å²) in [5, 5.41) is 10.4. The van der Waals surface area contributed by atoms with Crippen molar-refractivity contribution in [2.24, 2.45) is 0 Å². The first-order valence-electron chi connectivity index (χ1n) is 9.49. The molecule has 146 valence electrons. The Kier molecular flexibility index (Phi) is 6.05. The number of aliphatic hydroxyl groups excluding tert-OH is 1. The van der Waals surface area contributed by atoms with Crippen molar-refractivity contribution in [1.82, 2.24) is 0 Å². The van der Waals surface area contributed by atoms with E-state index in [4.69, 9.17) is 13.9 Å². The van der Waals surface area contributed by atoms with Crippen LogP contribution in [0.4, 0.5) is 0 Å².